The van der Waals surface area contributed by atoms with Gasteiger partial charge in [-0.15, -0.1) is 0 Å². The van der Waals surface area contributed by atoms with Crippen LogP contribution in [0.3, 0.4) is 0 Å². The van der Waals surface area contributed by atoms with Crippen LogP contribution < -0.4 is 85.2 Å². The minimum Gasteiger partial charge on any atom is -1.00 e. The third-order valence-electron chi connectivity index (χ3n) is 25.8. The van der Waals surface area contributed by atoms with Gasteiger partial charge in [-0.1, -0.05) is 353 Å². The van der Waals surface area contributed by atoms with Crippen LogP contribution >= 0.6 is 56.3 Å². The summed E-state index contributed by atoms with van der Waals surface area (Å²) in [5.41, 5.74) is 4.52. The van der Waals surface area contributed by atoms with Crippen molar-refractivity contribution in [1.29, 1.82) is 0 Å². The van der Waals surface area contributed by atoms with Gasteiger partial charge in [-0.25, -0.2) is 4.39 Å². The van der Waals surface area contributed by atoms with Crippen molar-refractivity contribution in [2.24, 2.45) is 0 Å². The van der Waals surface area contributed by atoms with Gasteiger partial charge in [0.05, 0.1) is 6.10 Å². The van der Waals surface area contributed by atoms with Crippen molar-refractivity contribution in [2.45, 2.75) is 322 Å². The summed E-state index contributed by atoms with van der Waals surface area (Å²) in [6, 6.07) is 84.0. The van der Waals surface area contributed by atoms with Crippen molar-refractivity contribution in [1.82, 2.24) is 0 Å². The Balaban J connectivity index is 0.000000262. The second kappa shape index (κ2) is 47.9. The van der Waals surface area contributed by atoms with E-state index in [1.54, 1.807) is 0 Å². The summed E-state index contributed by atoms with van der Waals surface area (Å²) in [4.78, 5) is 0. The molecule has 4 aliphatic carbocycles. The molecule has 0 amide bonds. The monoisotopic (exact) mass is 2180 g/mol. The molecule has 4 aliphatic heterocycles. The Bertz CT molecular complexity index is 4870. The van der Waals surface area contributed by atoms with Crippen molar-refractivity contribution in [3.63, 3.8) is 0 Å². The van der Waals surface area contributed by atoms with Crippen molar-refractivity contribution in [2.75, 3.05) is 0 Å². The van der Waals surface area contributed by atoms with E-state index in [2.05, 4.69) is 300 Å². The van der Waals surface area contributed by atoms with E-state index < -0.39 is 99.2 Å². The molecule has 0 radical (unpaired) electrons. The van der Waals surface area contributed by atoms with Crippen LogP contribution in [0.5, 0.6) is 0 Å². The number of fused-ring (bicyclic) bond motifs is 4. The largest absolute Gasteiger partial charge is 2.00 e. The molecule has 4 heterocycles. The quantitative estimate of drug-likeness (QED) is 0.0303. The molecule has 3 N–H and O–H groups in total. The Morgan fingerprint density at radius 1 is 0.366 bits per heavy atom. The third-order valence-corrected chi connectivity index (χ3v) is 50.8. The van der Waals surface area contributed by atoms with E-state index in [-0.39, 0.29) is 131 Å². The molecule has 0 aromatic heterocycles. The van der Waals surface area contributed by atoms with E-state index in [1.807, 2.05) is 174 Å². The molecule has 27 heteroatoms. The van der Waals surface area contributed by atoms with Crippen molar-refractivity contribution < 1.29 is 116 Å². The van der Waals surface area contributed by atoms with E-state index in [0.29, 0.717) is 23.9 Å². The van der Waals surface area contributed by atoms with Gasteiger partial charge in [-0.2, -0.15) is 24.9 Å². The summed E-state index contributed by atoms with van der Waals surface area (Å²) in [6.07, 6.45) is 0.957. The van der Waals surface area contributed by atoms with Gasteiger partial charge in [0.25, 0.3) is 25.0 Å². The number of aliphatic hydroxyl groups is 1. The van der Waals surface area contributed by atoms with Crippen LogP contribution in [0.25, 0.3) is 0 Å². The molecule has 12 atom stereocenters. The van der Waals surface area contributed by atoms with Crippen LogP contribution in [0.15, 0.2) is 283 Å². The molecule has 720 valence electrons. The zero-order chi connectivity index (χ0) is 95.3. The fraction of sp³-hybridized carbons (Fsp3) is 0.467. The molecular formula is C107H143BCl3FI2LiMgO14Si4-. The number of benzene rings is 8. The molecule has 8 aromatic rings. The Morgan fingerprint density at radius 2 is 0.582 bits per heavy atom. The Kier molecular flexibility index (Phi) is 42.1. The summed E-state index contributed by atoms with van der Waals surface area (Å²) in [7, 11) is -12.4. The van der Waals surface area contributed by atoms with Crippen LogP contribution in [0.1, 0.15) is 207 Å². The molecule has 8 aliphatic rings. The molecule has 0 saturated carbocycles. The standard InChI is InChI=1S/C26H35BO5Si.C26H33FO3Si.C26H33IO3Si.C16H19ClSi.C10H15IO3.C3H7.2ClH.Li.Mg.H/c1-7-20-21(27(28)29)23(24-22(20)30-26(5,6)31-24)32-33(25(2,3)4,18-14-10-8-11-15-18)19-16-12-9-13-17-19;2*1-7-20-21(27)23(24-22(20)28-26(5,6)29-24)30-31(25(2,3)4,18-14-10-8-11-15-18)19-16-12-9-13-17-19;1-16(2,3)18(17,14-10-6-4-7-11-14)15-12-8-5-9-13-15;1-4-5-6(11)7(12)9-8(5)13-10(2,3)14-9;1-3-2;;;;;/h8-17,22-24,28-29H,7H2,1-6H3;2*8-17,22-24H,7H2,1-6H3;4-13H,1-3H3;7-9,12H,4H2,1-3H3;3H,1-2H3;2*1H;;;/q;;;;;-1;;;+1;+2;-1/p-2/t2*22-,23-,24-;22-,23+,24-;;7-,8+,9-;;;;;;/m000.1....../s1. The van der Waals surface area contributed by atoms with Crippen molar-refractivity contribution >= 4 is 160 Å². The zero-order valence-electron chi connectivity index (χ0n) is 84.8. The topological polar surface area (TPSA) is 162 Å². The molecule has 8 aromatic carbocycles. The van der Waals surface area contributed by atoms with Gasteiger partial charge in [0.15, 0.2) is 23.1 Å². The smallest absolute Gasteiger partial charge is 1.00 e. The van der Waals surface area contributed by atoms with Gasteiger partial charge in [0, 0.05) is 7.16 Å². The Hall–Kier alpha value is -3.28. The number of hydrogen-bond acceptors (Lipinski definition) is 14. The van der Waals surface area contributed by atoms with Gasteiger partial charge in [0.2, 0.25) is 7.38 Å². The maximum Gasteiger partial charge on any atom is 2.00 e. The Labute approximate surface area is 879 Å². The van der Waals surface area contributed by atoms with Gasteiger partial charge in [-0.05, 0) is 216 Å². The molecule has 4 saturated heterocycles. The third kappa shape index (κ3) is 24.7. The first-order valence-electron chi connectivity index (χ1n) is 46.3. The van der Waals surface area contributed by atoms with Gasteiger partial charge >= 0.3 is 49.0 Å². The van der Waals surface area contributed by atoms with Crippen LogP contribution in [0.4, 0.5) is 4.39 Å². The molecule has 14 nitrogen and oxygen atoms in total. The van der Waals surface area contributed by atoms with Gasteiger partial charge < -0.3 is 99.0 Å². The summed E-state index contributed by atoms with van der Waals surface area (Å²) in [6.45, 7) is 54.5. The molecule has 134 heavy (non-hydrogen) atoms. The van der Waals surface area contributed by atoms with E-state index in [1.165, 1.54) is 35.5 Å². The molecule has 4 fully saturated rings. The number of aliphatic hydroxyl groups excluding tert-OH is 1. The van der Waals surface area contributed by atoms with Gasteiger partial charge in [0.1, 0.15) is 73.0 Å². The molecule has 0 spiro atoms. The average molecular weight is 2190 g/mol. The second-order valence-electron chi connectivity index (χ2n) is 40.7. The van der Waals surface area contributed by atoms with Crippen LogP contribution in [-0.4, -0.2) is 174 Å². The molecular weight excluding hydrogens is 2040 g/mol. The molecule has 16 rings (SSSR count). The zero-order valence-corrected chi connectivity index (χ0v) is 95.8. The van der Waals surface area contributed by atoms with Crippen LogP contribution in [-0.2, 0) is 51.2 Å². The van der Waals surface area contributed by atoms with E-state index >= 15 is 4.39 Å². The second-order valence-corrected chi connectivity index (χ2v) is 61.5. The normalized spacial score (nSPS) is 24.0. The van der Waals surface area contributed by atoms with E-state index in [0.717, 1.165) is 42.7 Å². The predicted octanol–water partition coefficient (Wildman–Crippen LogP) is 11.6. The first kappa shape index (κ1) is 118. The summed E-state index contributed by atoms with van der Waals surface area (Å²) < 4.78 is 89.0. The number of hydrogen-bond donors (Lipinski definition) is 3. The molecule has 0 unspecified atom stereocenters. The first-order valence-corrected chi connectivity index (χ1v) is 57.2. The van der Waals surface area contributed by atoms with Gasteiger partial charge in [-0.3, -0.25) is 0 Å². The first-order chi connectivity index (χ1) is 61.1. The maximum atomic E-state index is 15.8. The number of ether oxygens (including phenoxy) is 8. The summed E-state index contributed by atoms with van der Waals surface area (Å²) in [5, 5.41) is 40.0. The van der Waals surface area contributed by atoms with Crippen molar-refractivity contribution in [3.8, 4) is 0 Å². The van der Waals surface area contributed by atoms with Crippen LogP contribution in [0, 0.1) is 6.42 Å². The minimum atomic E-state index is -2.94. The number of halogens is 6. The fourth-order valence-electron chi connectivity index (χ4n) is 20.3. The number of rotatable bonds is 19. The predicted molar refractivity (Wildman–Crippen MR) is 563 cm³/mol. The van der Waals surface area contributed by atoms with Crippen LogP contribution in [0.2, 0.25) is 20.2 Å². The van der Waals surface area contributed by atoms with E-state index in [9.17, 15) is 15.2 Å². The minimum absolute atomic E-state index is 0. The summed E-state index contributed by atoms with van der Waals surface area (Å²) >= 11 is 11.9. The SMILES string of the molecule is CC(C)(C)[Si](Cl)(c1ccccc1)c1ccccc1.CCC1=C(B(O)O)[C@H](O[Si](c2ccccc2)(c2ccccc2)C(C)(C)C)[C@H]2OC(C)(C)O[C@@H]12.CCC1=C(F)[C@H](O[Si](c2ccccc2)(c2ccccc2)C(C)(C)C)[C@H]2OC(C)(C)O[C@@H]12.CCC1=C(I)[C@@H](O)[C@H]2OC(C)(C)O[C@@H]12.CCC1=C(I)[C@@H](O[Si](c2ccccc2)(c2ccccc2)C(C)(C)C)[C@H]2OC(C)(C)O[C@@H]12.C[CH-]C.[Cl-].[Cl-].[H-].[Li+].[Mg+2]. The summed E-state index contributed by atoms with van der Waals surface area (Å²) in [5.74, 6) is -2.91. The average Bonchev–Trinajstić information content (AvgIpc) is 1.60. The van der Waals surface area contributed by atoms with E-state index in [4.69, 9.17) is 62.3 Å². The fourth-order valence-corrected chi connectivity index (χ4v) is 40.8. The van der Waals surface area contributed by atoms with Crippen molar-refractivity contribution in [3.05, 3.63) is 290 Å². The molecule has 0 bridgehead atoms. The maximum absolute atomic E-state index is 15.8. The Morgan fingerprint density at radius 3 is 0.843 bits per heavy atom.